The van der Waals surface area contributed by atoms with Crippen molar-refractivity contribution in [2.24, 2.45) is 11.8 Å². The number of nitrogens with zero attached hydrogens (tertiary/aromatic N) is 1. The molecule has 0 aromatic heterocycles. The van der Waals surface area contributed by atoms with Crippen LogP contribution in [0.15, 0.2) is 0 Å². The van der Waals surface area contributed by atoms with Crippen molar-refractivity contribution in [2.45, 2.75) is 104 Å². The summed E-state index contributed by atoms with van der Waals surface area (Å²) in [5, 5.41) is 0.207. The first-order chi connectivity index (χ1) is 13.5. The first-order valence-corrected chi connectivity index (χ1v) is 14.4. The number of likely N-dealkylation sites (tertiary alicyclic amines) is 1. The van der Waals surface area contributed by atoms with Gasteiger partial charge in [-0.15, -0.1) is 0 Å². The van der Waals surface area contributed by atoms with Crippen molar-refractivity contribution in [1.82, 2.24) is 4.90 Å². The van der Waals surface area contributed by atoms with E-state index in [2.05, 4.69) is 33.9 Å². The molecule has 2 heterocycles. The average Bonchev–Trinajstić information content (AvgIpc) is 2.92. The minimum atomic E-state index is -1.76. The molecule has 3 atom stereocenters. The Morgan fingerprint density at radius 3 is 2.30 bits per heavy atom. The Bertz CT molecular complexity index is 593. The zero-order chi connectivity index (χ0) is 23.0. The van der Waals surface area contributed by atoms with E-state index in [9.17, 15) is 4.79 Å². The number of hydrogen-bond donors (Lipinski definition) is 0. The van der Waals surface area contributed by atoms with Gasteiger partial charge in [0.1, 0.15) is 5.60 Å². The first-order valence-electron chi connectivity index (χ1n) is 11.4. The van der Waals surface area contributed by atoms with Crippen LogP contribution in [0.3, 0.4) is 0 Å². The molecule has 0 N–H and O–H groups in total. The third-order valence-electron chi connectivity index (χ3n) is 6.72. The summed E-state index contributed by atoms with van der Waals surface area (Å²) in [7, 11) is -1.76. The third kappa shape index (κ3) is 6.94. The van der Waals surface area contributed by atoms with Crippen LogP contribution in [0.2, 0.25) is 18.1 Å². The molecule has 0 aliphatic carbocycles. The van der Waals surface area contributed by atoms with Gasteiger partial charge in [-0.3, -0.25) is 0 Å². The number of ether oxygens (including phenoxy) is 3. The fraction of sp³-hybridized carbons (Fsp3) is 0.957. The molecule has 2 saturated heterocycles. The molecule has 2 aliphatic rings. The van der Waals surface area contributed by atoms with Crippen molar-refractivity contribution in [3.05, 3.63) is 0 Å². The summed E-state index contributed by atoms with van der Waals surface area (Å²) < 4.78 is 24.1. The van der Waals surface area contributed by atoms with E-state index in [4.69, 9.17) is 18.6 Å². The Labute approximate surface area is 185 Å². The second-order valence-electron chi connectivity index (χ2n) is 11.9. The van der Waals surface area contributed by atoms with Gasteiger partial charge in [-0.25, -0.2) is 4.79 Å². The number of piperidine rings is 1. The molecule has 0 radical (unpaired) electrons. The number of carbonyl (C=O) groups is 1. The van der Waals surface area contributed by atoms with E-state index in [0.29, 0.717) is 25.6 Å². The zero-order valence-electron chi connectivity index (χ0n) is 21.0. The number of hydrogen-bond acceptors (Lipinski definition) is 5. The molecule has 30 heavy (non-hydrogen) atoms. The van der Waals surface area contributed by atoms with Gasteiger partial charge in [0.25, 0.3) is 0 Å². The van der Waals surface area contributed by atoms with Crippen molar-refractivity contribution < 1.29 is 23.4 Å². The van der Waals surface area contributed by atoms with Crippen LogP contribution in [0.25, 0.3) is 0 Å². The summed E-state index contributed by atoms with van der Waals surface area (Å²) >= 11 is 0. The van der Waals surface area contributed by atoms with E-state index in [1.807, 2.05) is 39.5 Å². The fourth-order valence-corrected chi connectivity index (χ4v) is 4.97. The molecule has 176 valence electrons. The zero-order valence-corrected chi connectivity index (χ0v) is 22.0. The lowest BCUT2D eigenvalue weighted by Gasteiger charge is -2.42. The molecule has 0 aromatic carbocycles. The summed E-state index contributed by atoms with van der Waals surface area (Å²) in [6, 6.07) is 0. The fourth-order valence-electron chi connectivity index (χ4n) is 3.91. The van der Waals surface area contributed by atoms with Gasteiger partial charge in [-0.05, 0) is 71.5 Å². The molecule has 2 aliphatic heterocycles. The number of rotatable bonds is 5. The maximum atomic E-state index is 12.7. The molecule has 2 rings (SSSR count). The predicted octanol–water partition coefficient (Wildman–Crippen LogP) is 5.42. The highest BCUT2D eigenvalue weighted by atomic mass is 28.4. The Morgan fingerprint density at radius 1 is 1.17 bits per heavy atom. The second-order valence-corrected chi connectivity index (χ2v) is 16.7. The molecule has 7 heteroatoms. The SMILES string of the molecule is CC(C)(C)OC(=O)N1CC[C@@H](CCO[Si](C)(C)C(C)(C)C)[C@@H](C2COC(C)(C)O2)C1. The monoisotopic (exact) mass is 443 g/mol. The van der Waals surface area contributed by atoms with Gasteiger partial charge >= 0.3 is 6.09 Å². The lowest BCUT2D eigenvalue weighted by molar-refractivity contribution is -0.150. The van der Waals surface area contributed by atoms with E-state index in [0.717, 1.165) is 19.4 Å². The smallest absolute Gasteiger partial charge is 0.410 e. The van der Waals surface area contributed by atoms with Crippen molar-refractivity contribution in [2.75, 3.05) is 26.3 Å². The van der Waals surface area contributed by atoms with Gasteiger partial charge in [0.2, 0.25) is 0 Å². The summed E-state index contributed by atoms with van der Waals surface area (Å²) in [4.78, 5) is 14.5. The van der Waals surface area contributed by atoms with Crippen LogP contribution < -0.4 is 0 Å². The lowest BCUT2D eigenvalue weighted by Crippen LogP contribution is -2.50. The normalized spacial score (nSPS) is 27.9. The predicted molar refractivity (Wildman–Crippen MR) is 122 cm³/mol. The molecule has 0 saturated carbocycles. The summed E-state index contributed by atoms with van der Waals surface area (Å²) in [6.45, 7) is 23.7. The molecular formula is C23H45NO5Si. The Kier molecular flexibility index (Phi) is 7.76. The molecule has 1 amide bonds. The highest BCUT2D eigenvalue weighted by Crippen LogP contribution is 2.39. The van der Waals surface area contributed by atoms with Gasteiger partial charge in [-0.2, -0.15) is 0 Å². The average molecular weight is 444 g/mol. The van der Waals surface area contributed by atoms with E-state index in [-0.39, 0.29) is 23.2 Å². The summed E-state index contributed by atoms with van der Waals surface area (Å²) in [6.07, 6.45) is 1.68. The van der Waals surface area contributed by atoms with Crippen molar-refractivity contribution in [3.63, 3.8) is 0 Å². The molecule has 0 aromatic rings. The quantitative estimate of drug-likeness (QED) is 0.531. The molecule has 6 nitrogen and oxygen atoms in total. The van der Waals surface area contributed by atoms with E-state index >= 15 is 0 Å². The number of amides is 1. The topological polar surface area (TPSA) is 57.2 Å². The van der Waals surface area contributed by atoms with Crippen LogP contribution in [0.4, 0.5) is 4.79 Å². The molecule has 0 spiro atoms. The van der Waals surface area contributed by atoms with Gasteiger partial charge in [0.05, 0.1) is 12.7 Å². The molecule has 1 unspecified atom stereocenters. The standard InChI is InChI=1S/C23H45NO5Si/c1-21(2,3)29-20(25)24-13-11-17(12-14-27-30(9,10)22(4,5)6)18(15-24)19-16-26-23(7,8)28-19/h17-19H,11-16H2,1-10H3/t17-,18-,19?/m0/s1. The van der Waals surface area contributed by atoms with Crippen molar-refractivity contribution in [1.29, 1.82) is 0 Å². The van der Waals surface area contributed by atoms with E-state index in [1.165, 1.54) is 0 Å². The molecule has 2 fully saturated rings. The Hall–Kier alpha value is -0.633. The molecule has 0 bridgehead atoms. The minimum Gasteiger partial charge on any atom is -0.444 e. The van der Waals surface area contributed by atoms with E-state index in [1.54, 1.807) is 0 Å². The van der Waals surface area contributed by atoms with Crippen LogP contribution in [-0.2, 0) is 18.6 Å². The Balaban J connectivity index is 2.05. The highest BCUT2D eigenvalue weighted by Gasteiger charge is 2.44. The van der Waals surface area contributed by atoms with E-state index < -0.39 is 19.7 Å². The van der Waals surface area contributed by atoms with Crippen molar-refractivity contribution in [3.8, 4) is 0 Å². The van der Waals surface area contributed by atoms with Gasteiger partial charge < -0.3 is 23.5 Å². The molecular weight excluding hydrogens is 398 g/mol. The lowest BCUT2D eigenvalue weighted by atomic mass is 9.80. The Morgan fingerprint density at radius 2 is 1.80 bits per heavy atom. The maximum Gasteiger partial charge on any atom is 0.410 e. The van der Waals surface area contributed by atoms with Crippen molar-refractivity contribution >= 4 is 14.4 Å². The third-order valence-corrected chi connectivity index (χ3v) is 11.3. The summed E-state index contributed by atoms with van der Waals surface area (Å²) in [5.41, 5.74) is -0.491. The minimum absolute atomic E-state index is 0.0110. The van der Waals surface area contributed by atoms with Crippen LogP contribution >= 0.6 is 0 Å². The van der Waals surface area contributed by atoms with Crippen LogP contribution in [0, 0.1) is 11.8 Å². The first kappa shape index (κ1) is 25.6. The highest BCUT2D eigenvalue weighted by molar-refractivity contribution is 6.74. The van der Waals surface area contributed by atoms with Gasteiger partial charge in [0.15, 0.2) is 14.1 Å². The van der Waals surface area contributed by atoms with Crippen LogP contribution in [0.5, 0.6) is 0 Å². The van der Waals surface area contributed by atoms with Crippen LogP contribution in [0.1, 0.15) is 68.2 Å². The summed E-state index contributed by atoms with van der Waals surface area (Å²) in [5.74, 6) is 0.0909. The number of carbonyl (C=O) groups excluding carboxylic acids is 1. The second kappa shape index (κ2) is 9.08. The largest absolute Gasteiger partial charge is 0.444 e. The van der Waals surface area contributed by atoms with Gasteiger partial charge in [-0.1, -0.05) is 20.8 Å². The van der Waals surface area contributed by atoms with Crippen LogP contribution in [-0.4, -0.2) is 63.1 Å². The maximum absolute atomic E-state index is 12.7. The van der Waals surface area contributed by atoms with Gasteiger partial charge in [0, 0.05) is 25.6 Å².